The lowest BCUT2D eigenvalue weighted by Crippen LogP contribution is -2.34. The smallest absolute Gasteiger partial charge is 0.243 e. The van der Waals surface area contributed by atoms with Crippen molar-refractivity contribution in [1.82, 2.24) is 4.31 Å². The predicted molar refractivity (Wildman–Crippen MR) is 79.5 cm³/mol. The molecule has 2 aromatic rings. The molecule has 0 aliphatic rings. The van der Waals surface area contributed by atoms with E-state index in [0.717, 1.165) is 22.0 Å². The minimum absolute atomic E-state index is 0.00945. The molecule has 0 unspecified atom stereocenters. The third-order valence-corrected chi connectivity index (χ3v) is 5.03. The minimum atomic E-state index is -4.01. The van der Waals surface area contributed by atoms with Crippen LogP contribution >= 0.6 is 0 Å². The van der Waals surface area contributed by atoms with Crippen molar-refractivity contribution in [2.24, 2.45) is 5.73 Å². The standard InChI is InChI=1S/C15H16F2N2O2S/c1-19(10-15(18)11-5-3-2-4-6-11)22(20,21)14-8-12(16)7-13(17)9-14/h2-9,15H,10,18H2,1H3/t15-/m0/s1. The Hall–Kier alpha value is -1.83. The lowest BCUT2D eigenvalue weighted by atomic mass is 10.1. The number of benzene rings is 2. The van der Waals surface area contributed by atoms with Crippen molar-refractivity contribution in [2.75, 3.05) is 13.6 Å². The van der Waals surface area contributed by atoms with Gasteiger partial charge in [-0.2, -0.15) is 4.31 Å². The largest absolute Gasteiger partial charge is 0.323 e. The molecule has 0 heterocycles. The number of nitrogens with two attached hydrogens (primary N) is 1. The van der Waals surface area contributed by atoms with Gasteiger partial charge in [0.25, 0.3) is 0 Å². The highest BCUT2D eigenvalue weighted by Gasteiger charge is 2.24. The molecule has 0 bridgehead atoms. The molecule has 2 N–H and O–H groups in total. The molecule has 22 heavy (non-hydrogen) atoms. The van der Waals surface area contributed by atoms with Gasteiger partial charge in [-0.25, -0.2) is 17.2 Å². The van der Waals surface area contributed by atoms with E-state index in [1.54, 1.807) is 24.3 Å². The molecule has 0 saturated carbocycles. The van der Waals surface area contributed by atoms with Crippen molar-refractivity contribution in [3.63, 3.8) is 0 Å². The number of halogens is 2. The Kier molecular flexibility index (Phi) is 4.90. The van der Waals surface area contributed by atoms with Crippen LogP contribution in [0.4, 0.5) is 8.78 Å². The van der Waals surface area contributed by atoms with Gasteiger partial charge in [-0.3, -0.25) is 0 Å². The van der Waals surface area contributed by atoms with E-state index in [1.807, 2.05) is 6.07 Å². The van der Waals surface area contributed by atoms with Crippen LogP contribution < -0.4 is 5.73 Å². The molecular formula is C15H16F2N2O2S. The number of hydrogen-bond acceptors (Lipinski definition) is 3. The SMILES string of the molecule is CN(C[C@H](N)c1ccccc1)S(=O)(=O)c1cc(F)cc(F)c1. The van der Waals surface area contributed by atoms with Gasteiger partial charge >= 0.3 is 0 Å². The Labute approximate surface area is 128 Å². The highest BCUT2D eigenvalue weighted by atomic mass is 32.2. The molecule has 0 fully saturated rings. The van der Waals surface area contributed by atoms with E-state index in [2.05, 4.69) is 0 Å². The van der Waals surface area contributed by atoms with Gasteiger partial charge in [0.1, 0.15) is 11.6 Å². The van der Waals surface area contributed by atoms with Crippen LogP contribution in [0.3, 0.4) is 0 Å². The van der Waals surface area contributed by atoms with Gasteiger partial charge in [-0.05, 0) is 17.7 Å². The van der Waals surface area contributed by atoms with Gasteiger partial charge in [0.15, 0.2) is 0 Å². The monoisotopic (exact) mass is 326 g/mol. The molecule has 1 atom stereocenters. The highest BCUT2D eigenvalue weighted by molar-refractivity contribution is 7.89. The summed E-state index contributed by atoms with van der Waals surface area (Å²) in [6, 6.07) is 10.6. The molecular weight excluding hydrogens is 310 g/mol. The Bertz CT molecular complexity index is 731. The summed E-state index contributed by atoms with van der Waals surface area (Å²) in [6.45, 7) is -0.00945. The molecule has 0 amide bonds. The first-order valence-corrected chi connectivity index (χ1v) is 7.97. The second-order valence-electron chi connectivity index (χ2n) is 4.91. The molecule has 0 saturated heterocycles. The van der Waals surface area contributed by atoms with E-state index in [-0.39, 0.29) is 6.54 Å². The van der Waals surface area contributed by atoms with Crippen LogP contribution in [-0.4, -0.2) is 26.3 Å². The number of likely N-dealkylation sites (N-methyl/N-ethyl adjacent to an activating group) is 1. The summed E-state index contributed by atoms with van der Waals surface area (Å²) in [5.41, 5.74) is 6.75. The fraction of sp³-hybridized carbons (Fsp3) is 0.200. The summed E-state index contributed by atoms with van der Waals surface area (Å²) < 4.78 is 52.1. The summed E-state index contributed by atoms with van der Waals surface area (Å²) in [4.78, 5) is -0.437. The molecule has 0 aromatic heterocycles. The predicted octanol–water partition coefficient (Wildman–Crippen LogP) is 2.29. The maximum absolute atomic E-state index is 13.2. The van der Waals surface area contributed by atoms with E-state index in [9.17, 15) is 17.2 Å². The average molecular weight is 326 g/mol. The van der Waals surface area contributed by atoms with Crippen LogP contribution in [-0.2, 0) is 10.0 Å². The summed E-state index contributed by atoms with van der Waals surface area (Å²) in [5.74, 6) is -1.89. The van der Waals surface area contributed by atoms with Crippen LogP contribution in [0.15, 0.2) is 53.4 Å². The van der Waals surface area contributed by atoms with E-state index < -0.39 is 32.6 Å². The van der Waals surface area contributed by atoms with Crippen molar-refractivity contribution in [3.8, 4) is 0 Å². The van der Waals surface area contributed by atoms with Crippen LogP contribution in [0.2, 0.25) is 0 Å². The molecule has 0 radical (unpaired) electrons. The maximum atomic E-state index is 13.2. The van der Waals surface area contributed by atoms with Gasteiger partial charge in [0, 0.05) is 25.7 Å². The topological polar surface area (TPSA) is 63.4 Å². The van der Waals surface area contributed by atoms with Crippen LogP contribution in [0.1, 0.15) is 11.6 Å². The highest BCUT2D eigenvalue weighted by Crippen LogP contribution is 2.20. The lowest BCUT2D eigenvalue weighted by molar-refractivity contribution is 0.438. The van der Waals surface area contributed by atoms with Gasteiger partial charge in [-0.15, -0.1) is 0 Å². The molecule has 2 rings (SSSR count). The van der Waals surface area contributed by atoms with Crippen LogP contribution in [0.5, 0.6) is 0 Å². The van der Waals surface area contributed by atoms with Gasteiger partial charge in [0.2, 0.25) is 10.0 Å². The van der Waals surface area contributed by atoms with E-state index in [4.69, 9.17) is 5.73 Å². The molecule has 4 nitrogen and oxygen atoms in total. The molecule has 0 aliphatic heterocycles. The second kappa shape index (κ2) is 6.51. The Morgan fingerprint density at radius 3 is 2.18 bits per heavy atom. The van der Waals surface area contributed by atoms with Gasteiger partial charge in [-0.1, -0.05) is 30.3 Å². The molecule has 2 aromatic carbocycles. The van der Waals surface area contributed by atoms with Crippen LogP contribution in [0, 0.1) is 11.6 Å². The fourth-order valence-electron chi connectivity index (χ4n) is 2.04. The van der Waals surface area contributed by atoms with E-state index in [1.165, 1.54) is 7.05 Å². The average Bonchev–Trinajstić information content (AvgIpc) is 2.47. The maximum Gasteiger partial charge on any atom is 0.243 e. The second-order valence-corrected chi connectivity index (χ2v) is 6.95. The summed E-state index contributed by atoms with van der Waals surface area (Å²) >= 11 is 0. The third kappa shape index (κ3) is 3.68. The lowest BCUT2D eigenvalue weighted by Gasteiger charge is -2.21. The Balaban J connectivity index is 2.22. The zero-order valence-corrected chi connectivity index (χ0v) is 12.7. The summed E-state index contributed by atoms with van der Waals surface area (Å²) in [7, 11) is -2.69. The zero-order chi connectivity index (χ0) is 16.3. The van der Waals surface area contributed by atoms with Gasteiger partial charge < -0.3 is 5.73 Å². The number of nitrogens with zero attached hydrogens (tertiary/aromatic N) is 1. The quantitative estimate of drug-likeness (QED) is 0.917. The third-order valence-electron chi connectivity index (χ3n) is 3.23. The summed E-state index contributed by atoms with van der Waals surface area (Å²) in [5, 5.41) is 0. The Morgan fingerprint density at radius 2 is 1.64 bits per heavy atom. The van der Waals surface area contributed by atoms with Crippen molar-refractivity contribution in [1.29, 1.82) is 0 Å². The zero-order valence-electron chi connectivity index (χ0n) is 11.9. The number of hydrogen-bond donors (Lipinski definition) is 1. The Morgan fingerprint density at radius 1 is 1.09 bits per heavy atom. The van der Waals surface area contributed by atoms with Crippen molar-refractivity contribution in [2.45, 2.75) is 10.9 Å². The molecule has 7 heteroatoms. The number of sulfonamides is 1. The van der Waals surface area contributed by atoms with E-state index in [0.29, 0.717) is 6.07 Å². The molecule has 0 aliphatic carbocycles. The first-order chi connectivity index (χ1) is 10.3. The first-order valence-electron chi connectivity index (χ1n) is 6.53. The minimum Gasteiger partial charge on any atom is -0.323 e. The first kappa shape index (κ1) is 16.5. The fourth-order valence-corrected chi connectivity index (χ4v) is 3.28. The molecule has 118 valence electrons. The summed E-state index contributed by atoms with van der Waals surface area (Å²) in [6.07, 6.45) is 0. The van der Waals surface area contributed by atoms with E-state index >= 15 is 0 Å². The number of rotatable bonds is 5. The van der Waals surface area contributed by atoms with Crippen molar-refractivity contribution >= 4 is 10.0 Å². The van der Waals surface area contributed by atoms with Crippen molar-refractivity contribution < 1.29 is 17.2 Å². The van der Waals surface area contributed by atoms with Crippen molar-refractivity contribution in [3.05, 3.63) is 65.7 Å². The molecule has 0 spiro atoms. The van der Waals surface area contributed by atoms with Gasteiger partial charge in [0.05, 0.1) is 4.90 Å². The normalized spacial score (nSPS) is 13.3. The van der Waals surface area contributed by atoms with Crippen LogP contribution in [0.25, 0.3) is 0 Å².